The molecule has 1 aromatic rings. The topological polar surface area (TPSA) is 55.1 Å². The standard InChI is InChI=1S/C11H14ClIN2O.ClH/c1-7(14)4-5-15-11(16)8-2-3-9(12)10(13)6-8;/h2-3,6-7H,4-5,14H2,1H3,(H,15,16);1H. The number of halogens is 3. The number of hydrogen-bond donors (Lipinski definition) is 2. The van der Waals surface area contributed by atoms with Crippen LogP contribution in [-0.2, 0) is 0 Å². The smallest absolute Gasteiger partial charge is 0.251 e. The lowest BCUT2D eigenvalue weighted by Gasteiger charge is -2.07. The lowest BCUT2D eigenvalue weighted by Crippen LogP contribution is -2.28. The summed E-state index contributed by atoms with van der Waals surface area (Å²) in [6.45, 7) is 2.51. The van der Waals surface area contributed by atoms with Gasteiger partial charge in [-0.1, -0.05) is 11.6 Å². The van der Waals surface area contributed by atoms with Crippen molar-refractivity contribution in [3.8, 4) is 0 Å². The molecule has 1 aromatic carbocycles. The second-order valence-corrected chi connectivity index (χ2v) is 5.22. The molecule has 1 rings (SSSR count). The Morgan fingerprint density at radius 2 is 2.24 bits per heavy atom. The summed E-state index contributed by atoms with van der Waals surface area (Å²) < 4.78 is 0.874. The van der Waals surface area contributed by atoms with Gasteiger partial charge >= 0.3 is 0 Å². The first-order valence-corrected chi connectivity index (χ1v) is 6.45. The highest BCUT2D eigenvalue weighted by atomic mass is 127. The average molecular weight is 389 g/mol. The van der Waals surface area contributed by atoms with Crippen LogP contribution in [0, 0.1) is 3.57 Å². The van der Waals surface area contributed by atoms with Gasteiger partial charge in [0.2, 0.25) is 0 Å². The molecule has 0 aromatic heterocycles. The third-order valence-corrected chi connectivity index (χ3v) is 3.61. The van der Waals surface area contributed by atoms with Crippen molar-refractivity contribution in [3.63, 3.8) is 0 Å². The van der Waals surface area contributed by atoms with Gasteiger partial charge in [0.05, 0.1) is 5.02 Å². The molecule has 0 radical (unpaired) electrons. The van der Waals surface area contributed by atoms with E-state index in [0.29, 0.717) is 17.1 Å². The van der Waals surface area contributed by atoms with Crippen LogP contribution in [0.5, 0.6) is 0 Å². The summed E-state index contributed by atoms with van der Waals surface area (Å²) in [5.74, 6) is -0.0877. The Balaban J connectivity index is 0.00000256. The van der Waals surface area contributed by atoms with Crippen LogP contribution >= 0.6 is 46.6 Å². The maximum atomic E-state index is 11.7. The molecule has 0 bridgehead atoms. The van der Waals surface area contributed by atoms with Crippen molar-refractivity contribution in [2.45, 2.75) is 19.4 Å². The third-order valence-electron chi connectivity index (χ3n) is 2.07. The van der Waals surface area contributed by atoms with E-state index in [4.69, 9.17) is 17.3 Å². The number of benzene rings is 1. The maximum absolute atomic E-state index is 11.7. The van der Waals surface area contributed by atoms with Crippen LogP contribution in [0.15, 0.2) is 18.2 Å². The summed E-state index contributed by atoms with van der Waals surface area (Å²) in [5, 5.41) is 3.47. The number of nitrogens with one attached hydrogen (secondary N) is 1. The van der Waals surface area contributed by atoms with Gasteiger partial charge in [-0.25, -0.2) is 0 Å². The molecule has 0 saturated heterocycles. The van der Waals surface area contributed by atoms with Crippen LogP contribution in [0.1, 0.15) is 23.7 Å². The van der Waals surface area contributed by atoms with E-state index in [9.17, 15) is 4.79 Å². The van der Waals surface area contributed by atoms with Gasteiger partial charge in [-0.2, -0.15) is 0 Å². The number of nitrogens with two attached hydrogens (primary N) is 1. The fraction of sp³-hybridized carbons (Fsp3) is 0.364. The van der Waals surface area contributed by atoms with Crippen LogP contribution in [0.4, 0.5) is 0 Å². The van der Waals surface area contributed by atoms with Crippen molar-refractivity contribution in [1.29, 1.82) is 0 Å². The molecule has 0 fully saturated rings. The predicted octanol–water partition coefficient (Wildman–Crippen LogP) is 2.83. The van der Waals surface area contributed by atoms with Gasteiger partial charge in [-0.15, -0.1) is 12.4 Å². The summed E-state index contributed by atoms with van der Waals surface area (Å²) >= 11 is 7.98. The molecule has 17 heavy (non-hydrogen) atoms. The highest BCUT2D eigenvalue weighted by Gasteiger charge is 2.07. The van der Waals surface area contributed by atoms with Gasteiger partial charge in [-0.3, -0.25) is 4.79 Å². The zero-order chi connectivity index (χ0) is 12.1. The van der Waals surface area contributed by atoms with E-state index in [2.05, 4.69) is 27.9 Å². The molecule has 0 aliphatic heterocycles. The van der Waals surface area contributed by atoms with E-state index in [1.54, 1.807) is 18.2 Å². The number of carbonyl (C=O) groups excluding carboxylic acids is 1. The fourth-order valence-corrected chi connectivity index (χ4v) is 1.79. The summed E-state index contributed by atoms with van der Waals surface area (Å²) in [6, 6.07) is 5.31. The first-order valence-electron chi connectivity index (χ1n) is 4.99. The second-order valence-electron chi connectivity index (χ2n) is 3.65. The molecule has 0 spiro atoms. The Bertz CT molecular complexity index is 386. The van der Waals surface area contributed by atoms with E-state index >= 15 is 0 Å². The Kier molecular flexibility index (Phi) is 8.11. The van der Waals surface area contributed by atoms with Crippen molar-refractivity contribution >= 4 is 52.5 Å². The van der Waals surface area contributed by atoms with Gasteiger partial charge in [0.25, 0.3) is 5.91 Å². The molecule has 0 saturated carbocycles. The molecule has 0 aliphatic carbocycles. The average Bonchev–Trinajstić information content (AvgIpc) is 2.21. The van der Waals surface area contributed by atoms with Crippen molar-refractivity contribution < 1.29 is 4.79 Å². The number of amides is 1. The quantitative estimate of drug-likeness (QED) is 0.779. The number of hydrogen-bond acceptors (Lipinski definition) is 2. The monoisotopic (exact) mass is 388 g/mol. The van der Waals surface area contributed by atoms with Crippen LogP contribution in [0.25, 0.3) is 0 Å². The van der Waals surface area contributed by atoms with E-state index in [1.165, 1.54) is 0 Å². The lowest BCUT2D eigenvalue weighted by atomic mass is 10.2. The molecule has 6 heteroatoms. The molecule has 1 unspecified atom stereocenters. The molecule has 96 valence electrons. The van der Waals surface area contributed by atoms with E-state index < -0.39 is 0 Å². The largest absolute Gasteiger partial charge is 0.352 e. The third kappa shape index (κ3) is 5.90. The predicted molar refractivity (Wildman–Crippen MR) is 82.0 cm³/mol. The van der Waals surface area contributed by atoms with Gasteiger partial charge in [-0.05, 0) is 54.1 Å². The molecule has 0 aliphatic rings. The maximum Gasteiger partial charge on any atom is 0.251 e. The molecular weight excluding hydrogens is 374 g/mol. The van der Waals surface area contributed by atoms with Crippen molar-refractivity contribution in [2.24, 2.45) is 5.73 Å². The number of rotatable bonds is 4. The highest BCUT2D eigenvalue weighted by molar-refractivity contribution is 14.1. The zero-order valence-electron chi connectivity index (χ0n) is 9.37. The van der Waals surface area contributed by atoms with Crippen molar-refractivity contribution in [3.05, 3.63) is 32.4 Å². The summed E-state index contributed by atoms with van der Waals surface area (Å²) in [7, 11) is 0. The molecule has 1 atom stereocenters. The highest BCUT2D eigenvalue weighted by Crippen LogP contribution is 2.19. The normalized spacial score (nSPS) is 11.5. The Hall–Kier alpha value is -0.0400. The van der Waals surface area contributed by atoms with Crippen molar-refractivity contribution in [2.75, 3.05) is 6.54 Å². The van der Waals surface area contributed by atoms with Gasteiger partial charge < -0.3 is 11.1 Å². The molecule has 3 nitrogen and oxygen atoms in total. The van der Waals surface area contributed by atoms with Crippen LogP contribution < -0.4 is 11.1 Å². The van der Waals surface area contributed by atoms with Gasteiger partial charge in [0, 0.05) is 21.7 Å². The molecule has 1 amide bonds. The first kappa shape index (κ1) is 17.0. The summed E-state index contributed by atoms with van der Waals surface area (Å²) in [4.78, 5) is 11.7. The van der Waals surface area contributed by atoms with Gasteiger partial charge in [0.1, 0.15) is 0 Å². The first-order chi connectivity index (χ1) is 7.50. The minimum Gasteiger partial charge on any atom is -0.352 e. The summed E-state index contributed by atoms with van der Waals surface area (Å²) in [6.07, 6.45) is 0.774. The minimum absolute atomic E-state index is 0. The molecule has 3 N–H and O–H groups in total. The Labute approximate surface area is 126 Å². The Morgan fingerprint density at radius 3 is 2.76 bits per heavy atom. The van der Waals surface area contributed by atoms with Crippen LogP contribution in [-0.4, -0.2) is 18.5 Å². The van der Waals surface area contributed by atoms with Crippen molar-refractivity contribution in [1.82, 2.24) is 5.32 Å². The van der Waals surface area contributed by atoms with Gasteiger partial charge in [0.15, 0.2) is 0 Å². The molecular formula is C11H15Cl2IN2O. The fourth-order valence-electron chi connectivity index (χ4n) is 1.15. The molecule has 0 heterocycles. The lowest BCUT2D eigenvalue weighted by molar-refractivity contribution is 0.0952. The summed E-state index contributed by atoms with van der Waals surface area (Å²) in [5.41, 5.74) is 6.21. The SMILES string of the molecule is CC(N)CCNC(=O)c1ccc(Cl)c(I)c1.Cl. The number of carbonyl (C=O) groups is 1. The van der Waals surface area contributed by atoms with E-state index in [-0.39, 0.29) is 24.4 Å². The zero-order valence-corrected chi connectivity index (χ0v) is 13.1. The minimum atomic E-state index is -0.0877. The second kappa shape index (κ2) is 8.13. The van der Waals surface area contributed by atoms with Crippen LogP contribution in [0.2, 0.25) is 5.02 Å². The van der Waals surface area contributed by atoms with E-state index in [0.717, 1.165) is 9.99 Å². The van der Waals surface area contributed by atoms with E-state index in [1.807, 2.05) is 6.92 Å². The van der Waals surface area contributed by atoms with Crippen LogP contribution in [0.3, 0.4) is 0 Å². The Morgan fingerprint density at radius 1 is 1.59 bits per heavy atom.